The zero-order valence-corrected chi connectivity index (χ0v) is 18.0. The molecule has 1 N–H and O–H groups in total. The molecule has 3 aliphatic heterocycles. The van der Waals surface area contributed by atoms with E-state index in [-0.39, 0.29) is 25.9 Å². The second-order valence-corrected chi connectivity index (χ2v) is 16.8. The summed E-state index contributed by atoms with van der Waals surface area (Å²) in [6.45, 7) is 0. The molecular weight excluding hydrogens is 452 g/mol. The summed E-state index contributed by atoms with van der Waals surface area (Å²) in [5.74, 6) is -0.335. The first-order valence-corrected chi connectivity index (χ1v) is 14.8. The molecule has 3 heterocycles. The summed E-state index contributed by atoms with van der Waals surface area (Å²) in [6, 6.07) is 13.1. The van der Waals surface area contributed by atoms with E-state index in [2.05, 4.69) is 29.6 Å². The molecule has 2 aromatic carbocycles. The number of benzene rings is 2. The molecule has 4 bridgehead atoms. The number of carbonyl (C=O) groups is 2. The zero-order valence-electron chi connectivity index (χ0n) is 13.9. The fourth-order valence-electron chi connectivity index (χ4n) is 4.52. The van der Waals surface area contributed by atoms with Crippen LogP contribution in [0.4, 0.5) is 9.18 Å². The molecule has 6 heteroatoms. The van der Waals surface area contributed by atoms with Crippen LogP contribution in [0.15, 0.2) is 45.8 Å². The predicted octanol–water partition coefficient (Wildman–Crippen LogP) is 3.08. The van der Waals surface area contributed by atoms with Gasteiger partial charge in [-0.1, -0.05) is 0 Å². The van der Waals surface area contributed by atoms with E-state index in [1.807, 2.05) is 12.1 Å². The number of halogens is 1. The van der Waals surface area contributed by atoms with Crippen LogP contribution in [0.3, 0.4) is 0 Å². The maximum atomic E-state index is 13.1. The van der Waals surface area contributed by atoms with E-state index >= 15 is 0 Å². The minimum absolute atomic E-state index is 0.125. The van der Waals surface area contributed by atoms with Crippen molar-refractivity contribution in [3.05, 3.63) is 68.3 Å². The Hall–Kier alpha value is -1.53. The summed E-state index contributed by atoms with van der Waals surface area (Å²) in [7, 11) is 0. The predicted molar refractivity (Wildman–Crippen MR) is 102 cm³/mol. The van der Waals surface area contributed by atoms with Crippen LogP contribution >= 0.6 is 11.8 Å². The molecular formula is C20H15FInNO2S. The maximum absolute atomic E-state index is 13.1. The van der Waals surface area contributed by atoms with Gasteiger partial charge in [-0.2, -0.15) is 0 Å². The van der Waals surface area contributed by atoms with Gasteiger partial charge in [0.05, 0.1) is 0 Å². The molecule has 0 aliphatic carbocycles. The average Bonchev–Trinajstić information content (AvgIpc) is 3.20. The number of rotatable bonds is 4. The van der Waals surface area contributed by atoms with Crippen molar-refractivity contribution in [2.75, 3.05) is 0 Å². The van der Waals surface area contributed by atoms with Crippen molar-refractivity contribution in [3.63, 3.8) is 0 Å². The van der Waals surface area contributed by atoms with Gasteiger partial charge in [-0.25, -0.2) is 0 Å². The van der Waals surface area contributed by atoms with Crippen LogP contribution in [-0.4, -0.2) is 37.8 Å². The van der Waals surface area contributed by atoms with Gasteiger partial charge in [0.2, 0.25) is 0 Å². The van der Waals surface area contributed by atoms with E-state index in [0.717, 1.165) is 18.4 Å². The summed E-state index contributed by atoms with van der Waals surface area (Å²) < 4.78 is 16.3. The molecule has 0 radical (unpaired) electrons. The molecule has 26 heavy (non-hydrogen) atoms. The van der Waals surface area contributed by atoms with Crippen LogP contribution < -0.4 is 8.64 Å². The Morgan fingerprint density at radius 3 is 2.58 bits per heavy atom. The second kappa shape index (κ2) is 6.27. The molecule has 5 rings (SSSR count). The van der Waals surface area contributed by atoms with Crippen LogP contribution in [0.2, 0.25) is 0 Å². The Bertz CT molecular complexity index is 972. The van der Waals surface area contributed by atoms with Gasteiger partial charge in [0, 0.05) is 0 Å². The fourth-order valence-corrected chi connectivity index (χ4v) is 18.9. The summed E-state index contributed by atoms with van der Waals surface area (Å²) in [6.07, 6.45) is 4.19. The normalized spacial score (nSPS) is 22.8. The third-order valence-corrected chi connectivity index (χ3v) is 18.6. The quantitative estimate of drug-likeness (QED) is 0.753. The molecule has 1 fully saturated rings. The van der Waals surface area contributed by atoms with Crippen molar-refractivity contribution in [2.45, 2.75) is 21.8 Å². The molecule has 2 atom stereocenters. The number of allylic oxidation sites excluding steroid dienone is 1. The number of thioether (sulfide) groups is 1. The molecule has 3 aliphatic rings. The third-order valence-electron chi connectivity index (χ3n) is 5.62. The van der Waals surface area contributed by atoms with E-state index in [1.54, 1.807) is 0 Å². The molecule has 0 aromatic heterocycles. The Balaban J connectivity index is 1.42. The fraction of sp³-hybridized carbons (Fsp3) is 0.200. The van der Waals surface area contributed by atoms with Gasteiger partial charge in [0.25, 0.3) is 0 Å². The van der Waals surface area contributed by atoms with Crippen LogP contribution in [0, 0.1) is 5.82 Å². The van der Waals surface area contributed by atoms with Gasteiger partial charge >= 0.3 is 163 Å². The van der Waals surface area contributed by atoms with E-state index in [1.165, 1.54) is 41.7 Å². The monoisotopic (exact) mass is 467 g/mol. The Labute approximate surface area is 162 Å². The van der Waals surface area contributed by atoms with E-state index in [9.17, 15) is 14.0 Å². The van der Waals surface area contributed by atoms with Crippen LogP contribution in [-0.2, 0) is 11.2 Å². The number of nitrogens with one attached hydrogen (secondary N) is 1. The van der Waals surface area contributed by atoms with Crippen molar-refractivity contribution in [1.29, 1.82) is 0 Å². The van der Waals surface area contributed by atoms with Crippen molar-refractivity contribution in [2.24, 2.45) is 0 Å². The summed E-state index contributed by atoms with van der Waals surface area (Å²) in [5, 5.41) is 1.97. The number of imide groups is 1. The first kappa shape index (κ1) is 16.6. The van der Waals surface area contributed by atoms with Gasteiger partial charge in [0.15, 0.2) is 0 Å². The number of amides is 2. The van der Waals surface area contributed by atoms with Crippen LogP contribution in [0.5, 0.6) is 0 Å². The van der Waals surface area contributed by atoms with Crippen LogP contribution in [0.1, 0.15) is 26.8 Å². The summed E-state index contributed by atoms with van der Waals surface area (Å²) in [5.41, 5.74) is 3.73. The zero-order chi connectivity index (χ0) is 17.8. The molecule has 3 nitrogen and oxygen atoms in total. The summed E-state index contributed by atoms with van der Waals surface area (Å²) >= 11 is -1.22. The number of hydrogen-bond acceptors (Lipinski definition) is 3. The van der Waals surface area contributed by atoms with E-state index in [4.69, 9.17) is 0 Å². The Kier molecular flexibility index (Phi) is 4.01. The van der Waals surface area contributed by atoms with Gasteiger partial charge in [-0.3, -0.25) is 0 Å². The topological polar surface area (TPSA) is 46.2 Å². The van der Waals surface area contributed by atoms with Crippen LogP contribution in [0.25, 0.3) is 6.08 Å². The average molecular weight is 467 g/mol. The number of carbonyl (C=O) groups excluding carboxylic acids is 2. The van der Waals surface area contributed by atoms with Crippen molar-refractivity contribution in [3.8, 4) is 0 Å². The second-order valence-electron chi connectivity index (χ2n) is 7.01. The molecule has 2 unspecified atom stereocenters. The molecule has 128 valence electrons. The Morgan fingerprint density at radius 1 is 1.08 bits per heavy atom. The molecule has 1 saturated heterocycles. The Morgan fingerprint density at radius 2 is 1.88 bits per heavy atom. The third kappa shape index (κ3) is 2.57. The molecule has 2 aromatic rings. The van der Waals surface area contributed by atoms with E-state index in [0.29, 0.717) is 0 Å². The standard InChI is InChI=1S/C20H15FNO2S.In/c21-17-11-9-14(10-12-17)5-1-2-6-15-7-3-4-8-16(15)13-18-19(23)22-20(24)25-18;/h3-4,6,8-13,18H,1,5H2,(H,22,23,24);. The number of hydrogen-bond donors (Lipinski definition) is 1. The molecule has 0 spiro atoms. The molecule has 2 amide bonds. The first-order valence-electron chi connectivity index (χ1n) is 8.71. The van der Waals surface area contributed by atoms with Gasteiger partial charge < -0.3 is 0 Å². The molecule has 0 saturated carbocycles. The minimum atomic E-state index is -2.38. The van der Waals surface area contributed by atoms with Gasteiger partial charge in [0.1, 0.15) is 0 Å². The van der Waals surface area contributed by atoms with Gasteiger partial charge in [-0.15, -0.1) is 0 Å². The van der Waals surface area contributed by atoms with Crippen molar-refractivity contribution in [1.82, 2.24) is 5.32 Å². The van der Waals surface area contributed by atoms with E-state index < -0.39 is 21.4 Å². The number of aryl methyl sites for hydroxylation is 1. The van der Waals surface area contributed by atoms with Gasteiger partial charge in [-0.05, 0) is 0 Å². The van der Waals surface area contributed by atoms with Crippen molar-refractivity contribution >= 4 is 53.7 Å². The van der Waals surface area contributed by atoms with Crippen molar-refractivity contribution < 1.29 is 14.0 Å². The SMILES string of the molecule is O=C1NC(=O)C([CH]2c3ccc[c]4c3C=[C](CCc3ccc(F)cc3)[In]42)S1. The summed E-state index contributed by atoms with van der Waals surface area (Å²) in [4.78, 5) is 24.0. The first-order chi connectivity index (χ1) is 12.6.